The second-order valence-corrected chi connectivity index (χ2v) is 6.19. The molecule has 2 aliphatic carbocycles. The van der Waals surface area contributed by atoms with Crippen LogP contribution >= 0.6 is 0 Å². The van der Waals surface area contributed by atoms with Crippen LogP contribution in [-0.4, -0.2) is 36.4 Å². The van der Waals surface area contributed by atoms with Crippen molar-refractivity contribution in [2.75, 3.05) is 30.8 Å². The summed E-state index contributed by atoms with van der Waals surface area (Å²) >= 11 is 0. The predicted octanol–water partition coefficient (Wildman–Crippen LogP) is 1.66. The Morgan fingerprint density at radius 3 is 2.75 bits per heavy atom. The lowest BCUT2D eigenvalue weighted by Gasteiger charge is -2.34. The van der Waals surface area contributed by atoms with E-state index >= 15 is 0 Å². The lowest BCUT2D eigenvalue weighted by molar-refractivity contribution is 0.0464. The fourth-order valence-electron chi connectivity index (χ4n) is 2.58. The van der Waals surface area contributed by atoms with E-state index in [1.54, 1.807) is 0 Å². The Kier molecular flexibility index (Phi) is 3.70. The van der Waals surface area contributed by atoms with E-state index in [0.29, 0.717) is 23.4 Å². The van der Waals surface area contributed by atoms with E-state index in [1.165, 1.54) is 12.8 Å². The molecule has 3 rings (SSSR count). The minimum atomic E-state index is -0.106. The Morgan fingerprint density at radius 1 is 1.35 bits per heavy atom. The van der Waals surface area contributed by atoms with Crippen LogP contribution in [0.4, 0.5) is 11.5 Å². The Hall–Kier alpha value is -1.49. The van der Waals surface area contributed by atoms with E-state index < -0.39 is 0 Å². The largest absolute Gasteiger partial charge is 0.476 e. The molecular weight excluding hydrogens is 254 g/mol. The van der Waals surface area contributed by atoms with Crippen molar-refractivity contribution in [3.05, 3.63) is 12.1 Å². The standard InChI is InChI=1S/C15H23N3O2/c1-18(8-11-6-12(19)7-11)14-5-4-13(16)15(17-14)20-9-10-2-3-10/h4-5,10-12,19H,2-3,6-9,16H2,1H3. The van der Waals surface area contributed by atoms with Gasteiger partial charge < -0.3 is 20.5 Å². The molecule has 0 radical (unpaired) electrons. The van der Waals surface area contributed by atoms with Gasteiger partial charge in [0.25, 0.3) is 0 Å². The van der Waals surface area contributed by atoms with Crippen molar-refractivity contribution in [2.24, 2.45) is 11.8 Å². The van der Waals surface area contributed by atoms with Gasteiger partial charge in [-0.25, -0.2) is 0 Å². The minimum Gasteiger partial charge on any atom is -0.476 e. The fourth-order valence-corrected chi connectivity index (χ4v) is 2.58. The zero-order valence-corrected chi connectivity index (χ0v) is 12.0. The summed E-state index contributed by atoms with van der Waals surface area (Å²) in [5.74, 6) is 2.68. The zero-order valence-electron chi connectivity index (χ0n) is 12.0. The van der Waals surface area contributed by atoms with Gasteiger partial charge in [0.05, 0.1) is 18.4 Å². The van der Waals surface area contributed by atoms with Gasteiger partial charge in [0.2, 0.25) is 5.88 Å². The second-order valence-electron chi connectivity index (χ2n) is 6.19. The topological polar surface area (TPSA) is 71.6 Å². The third-order valence-corrected chi connectivity index (χ3v) is 4.16. The number of rotatable bonds is 6. The van der Waals surface area contributed by atoms with E-state index in [1.807, 2.05) is 19.2 Å². The molecule has 0 spiro atoms. The summed E-state index contributed by atoms with van der Waals surface area (Å²) < 4.78 is 5.71. The van der Waals surface area contributed by atoms with Crippen LogP contribution in [0.2, 0.25) is 0 Å². The molecule has 2 aliphatic rings. The van der Waals surface area contributed by atoms with Crippen LogP contribution in [0.25, 0.3) is 0 Å². The maximum atomic E-state index is 9.34. The van der Waals surface area contributed by atoms with Gasteiger partial charge in [-0.05, 0) is 49.7 Å². The number of nitrogen functional groups attached to an aromatic ring is 1. The molecule has 0 unspecified atom stereocenters. The molecule has 0 atom stereocenters. The number of hydrogen-bond acceptors (Lipinski definition) is 5. The second kappa shape index (κ2) is 5.48. The van der Waals surface area contributed by atoms with Crippen molar-refractivity contribution < 1.29 is 9.84 Å². The van der Waals surface area contributed by atoms with Crippen LogP contribution < -0.4 is 15.4 Å². The lowest BCUT2D eigenvalue weighted by Crippen LogP contribution is -2.37. The van der Waals surface area contributed by atoms with Crippen molar-refractivity contribution in [2.45, 2.75) is 31.8 Å². The van der Waals surface area contributed by atoms with Crippen LogP contribution in [0.1, 0.15) is 25.7 Å². The van der Waals surface area contributed by atoms with E-state index in [0.717, 1.165) is 31.8 Å². The number of aromatic nitrogens is 1. The highest BCUT2D eigenvalue weighted by Gasteiger charge is 2.28. The molecule has 3 N–H and O–H groups in total. The molecule has 5 nitrogen and oxygen atoms in total. The Labute approximate surface area is 119 Å². The molecule has 0 bridgehead atoms. The van der Waals surface area contributed by atoms with Gasteiger partial charge in [0.15, 0.2) is 0 Å². The van der Waals surface area contributed by atoms with Gasteiger partial charge in [-0.1, -0.05) is 0 Å². The van der Waals surface area contributed by atoms with Gasteiger partial charge >= 0.3 is 0 Å². The van der Waals surface area contributed by atoms with Crippen molar-refractivity contribution in [3.63, 3.8) is 0 Å². The van der Waals surface area contributed by atoms with Gasteiger partial charge in [-0.2, -0.15) is 4.98 Å². The Bertz CT molecular complexity index is 470. The predicted molar refractivity (Wildman–Crippen MR) is 78.9 cm³/mol. The first-order valence-corrected chi connectivity index (χ1v) is 7.40. The summed E-state index contributed by atoms with van der Waals surface area (Å²) in [6.07, 6.45) is 4.19. The summed E-state index contributed by atoms with van der Waals surface area (Å²) in [4.78, 5) is 6.63. The van der Waals surface area contributed by atoms with Gasteiger partial charge in [-0.15, -0.1) is 0 Å². The highest BCUT2D eigenvalue weighted by molar-refractivity contribution is 5.54. The highest BCUT2D eigenvalue weighted by Crippen LogP contribution is 2.32. The molecule has 2 fully saturated rings. The Balaban J connectivity index is 1.60. The van der Waals surface area contributed by atoms with Crippen LogP contribution in [0.15, 0.2) is 12.1 Å². The summed E-state index contributed by atoms with van der Waals surface area (Å²) in [5.41, 5.74) is 6.51. The quantitative estimate of drug-likeness (QED) is 0.827. The molecule has 1 heterocycles. The molecule has 2 saturated carbocycles. The monoisotopic (exact) mass is 277 g/mol. The molecule has 110 valence electrons. The number of aliphatic hydroxyl groups is 1. The van der Waals surface area contributed by atoms with Crippen LogP contribution in [0, 0.1) is 11.8 Å². The Morgan fingerprint density at radius 2 is 2.10 bits per heavy atom. The van der Waals surface area contributed by atoms with E-state index in [-0.39, 0.29) is 6.10 Å². The van der Waals surface area contributed by atoms with Gasteiger partial charge in [0, 0.05) is 13.6 Å². The fraction of sp³-hybridized carbons (Fsp3) is 0.667. The van der Waals surface area contributed by atoms with Gasteiger partial charge in [-0.3, -0.25) is 0 Å². The van der Waals surface area contributed by atoms with Crippen LogP contribution in [0.3, 0.4) is 0 Å². The van der Waals surface area contributed by atoms with Crippen molar-refractivity contribution in [3.8, 4) is 5.88 Å². The average Bonchev–Trinajstić information content (AvgIpc) is 3.20. The zero-order chi connectivity index (χ0) is 14.1. The summed E-state index contributed by atoms with van der Waals surface area (Å²) in [7, 11) is 2.02. The molecule has 20 heavy (non-hydrogen) atoms. The molecule has 0 aliphatic heterocycles. The van der Waals surface area contributed by atoms with E-state index in [4.69, 9.17) is 10.5 Å². The number of nitrogens with two attached hydrogens (primary N) is 1. The number of anilines is 2. The molecule has 0 aromatic carbocycles. The van der Waals surface area contributed by atoms with E-state index in [9.17, 15) is 5.11 Å². The van der Waals surface area contributed by atoms with E-state index in [2.05, 4.69) is 9.88 Å². The van der Waals surface area contributed by atoms with Crippen molar-refractivity contribution in [1.82, 2.24) is 4.98 Å². The van der Waals surface area contributed by atoms with Gasteiger partial charge in [0.1, 0.15) is 5.82 Å². The van der Waals surface area contributed by atoms with Crippen molar-refractivity contribution in [1.29, 1.82) is 0 Å². The molecular formula is C15H23N3O2. The first-order valence-electron chi connectivity index (χ1n) is 7.40. The number of ether oxygens (including phenoxy) is 1. The molecule has 0 saturated heterocycles. The summed E-state index contributed by atoms with van der Waals surface area (Å²) in [6.45, 7) is 1.63. The van der Waals surface area contributed by atoms with Crippen molar-refractivity contribution >= 4 is 11.5 Å². The first kappa shape index (κ1) is 13.5. The average molecular weight is 277 g/mol. The maximum Gasteiger partial charge on any atom is 0.239 e. The third-order valence-electron chi connectivity index (χ3n) is 4.16. The SMILES string of the molecule is CN(CC1CC(O)C1)c1ccc(N)c(OCC2CC2)n1. The number of nitrogens with zero attached hydrogens (tertiary/aromatic N) is 2. The molecule has 5 heteroatoms. The molecule has 1 aromatic heterocycles. The molecule has 1 aromatic rings. The number of pyridine rings is 1. The van der Waals surface area contributed by atoms with Crippen LogP contribution in [-0.2, 0) is 0 Å². The number of aliphatic hydroxyl groups excluding tert-OH is 1. The maximum absolute atomic E-state index is 9.34. The van der Waals surface area contributed by atoms with Crippen LogP contribution in [0.5, 0.6) is 5.88 Å². The molecule has 0 amide bonds. The normalized spacial score (nSPS) is 25.1. The third kappa shape index (κ3) is 3.15. The smallest absolute Gasteiger partial charge is 0.239 e. The number of hydrogen-bond donors (Lipinski definition) is 2. The first-order chi connectivity index (χ1) is 9.61. The lowest BCUT2D eigenvalue weighted by atomic mass is 9.82. The minimum absolute atomic E-state index is 0.106. The summed E-state index contributed by atoms with van der Waals surface area (Å²) in [5, 5.41) is 9.34. The summed E-state index contributed by atoms with van der Waals surface area (Å²) in [6, 6.07) is 3.78. The highest BCUT2D eigenvalue weighted by atomic mass is 16.5.